The molecule has 1 N–H and O–H groups in total. The van der Waals surface area contributed by atoms with Gasteiger partial charge >= 0.3 is 10.8 Å². The summed E-state index contributed by atoms with van der Waals surface area (Å²) in [4.78, 5) is 68.3. The van der Waals surface area contributed by atoms with Gasteiger partial charge in [-0.2, -0.15) is 0 Å². The molecule has 4 heterocycles. The van der Waals surface area contributed by atoms with Crippen molar-refractivity contribution in [1.82, 2.24) is 4.57 Å². The number of anilines is 2. The van der Waals surface area contributed by atoms with Gasteiger partial charge in [0.25, 0.3) is 0 Å². The first-order valence-corrected chi connectivity index (χ1v) is 15.8. The summed E-state index contributed by atoms with van der Waals surface area (Å²) >= 11 is 3.67. The minimum Gasteiger partial charge on any atom is -0.462 e. The van der Waals surface area contributed by atoms with Gasteiger partial charge in [-0.05, 0) is 61.7 Å². The van der Waals surface area contributed by atoms with Crippen LogP contribution in [0.3, 0.4) is 0 Å². The number of amides is 3. The third kappa shape index (κ3) is 4.99. The van der Waals surface area contributed by atoms with Gasteiger partial charge in [0.05, 0.1) is 28.8 Å². The fraction of sp³-hybridized carbons (Fsp3) is 0.233. The molecule has 3 atom stereocenters. The lowest BCUT2D eigenvalue weighted by atomic mass is 9.87. The number of fused-ring (bicyclic) bond motifs is 2. The van der Waals surface area contributed by atoms with Crippen molar-refractivity contribution in [2.45, 2.75) is 36.6 Å². The molecule has 6 rings (SSSR count). The standard InChI is InChI=1S/C30H25N3O6S3/c1-3-39-29(37)17-8-10-18(11-9-17)31-21(34)15-32-28-25(42-30(32)38)22(20-5-4-14-40-20)23-24(41-28)27(36)33(26(23)35)19-12-6-16(2)7-13-19/h4-14,22-24H,3,15H2,1-2H3,(H,31,34)/t22-,23-,24+/m0/s1. The zero-order chi connectivity index (χ0) is 29.5. The Labute approximate surface area is 253 Å². The average Bonchev–Trinajstić information content (AvgIpc) is 3.67. The molecule has 1 saturated heterocycles. The Hall–Kier alpha value is -4.00. The molecule has 4 aromatic rings. The van der Waals surface area contributed by atoms with E-state index < -0.39 is 29.0 Å². The number of aryl methyl sites for hydroxylation is 1. The molecule has 9 nitrogen and oxygen atoms in total. The fourth-order valence-electron chi connectivity index (χ4n) is 5.23. The fourth-order valence-corrected chi connectivity index (χ4v) is 8.95. The second-order valence-corrected chi connectivity index (χ2v) is 13.0. The van der Waals surface area contributed by atoms with E-state index >= 15 is 0 Å². The monoisotopic (exact) mass is 619 g/mol. The van der Waals surface area contributed by atoms with Crippen LogP contribution in [-0.4, -0.2) is 40.1 Å². The Balaban J connectivity index is 1.30. The SMILES string of the molecule is CCOC(=O)c1ccc(NC(=O)Cn2c3c(sc2=O)[C@@H](c2cccs2)[C@@H]2C(=O)N(c4ccc(C)cc4)C(=O)[C@@H]2S3)cc1. The number of hydrogen-bond acceptors (Lipinski definition) is 9. The number of aromatic nitrogens is 1. The number of carbonyl (C=O) groups excluding carboxylic acids is 4. The van der Waals surface area contributed by atoms with Gasteiger partial charge in [-0.1, -0.05) is 46.9 Å². The van der Waals surface area contributed by atoms with Crippen LogP contribution in [0.25, 0.3) is 0 Å². The molecular formula is C30H25N3O6S3. The zero-order valence-electron chi connectivity index (χ0n) is 22.6. The van der Waals surface area contributed by atoms with E-state index in [0.717, 1.165) is 21.8 Å². The highest BCUT2D eigenvalue weighted by Crippen LogP contribution is 2.54. The second kappa shape index (κ2) is 11.3. The van der Waals surface area contributed by atoms with Crippen molar-refractivity contribution < 1.29 is 23.9 Å². The molecule has 214 valence electrons. The van der Waals surface area contributed by atoms with E-state index in [0.29, 0.717) is 26.8 Å². The number of thioether (sulfide) groups is 1. The van der Waals surface area contributed by atoms with Gasteiger partial charge in [-0.25, -0.2) is 9.69 Å². The Morgan fingerprint density at radius 3 is 2.38 bits per heavy atom. The van der Waals surface area contributed by atoms with Gasteiger partial charge in [-0.15, -0.1) is 11.3 Å². The summed E-state index contributed by atoms with van der Waals surface area (Å²) in [5.41, 5.74) is 2.35. The summed E-state index contributed by atoms with van der Waals surface area (Å²) in [5.74, 6) is -2.66. The summed E-state index contributed by atoms with van der Waals surface area (Å²) in [6.07, 6.45) is 0. The van der Waals surface area contributed by atoms with Crippen molar-refractivity contribution in [2.24, 2.45) is 5.92 Å². The minimum absolute atomic E-state index is 0.258. The number of esters is 1. The molecule has 2 aromatic heterocycles. The number of thiazole rings is 1. The predicted octanol–water partition coefficient (Wildman–Crippen LogP) is 4.89. The van der Waals surface area contributed by atoms with Crippen molar-refractivity contribution in [3.8, 4) is 0 Å². The zero-order valence-corrected chi connectivity index (χ0v) is 25.0. The van der Waals surface area contributed by atoms with E-state index in [1.54, 1.807) is 43.3 Å². The van der Waals surface area contributed by atoms with Crippen molar-refractivity contribution in [2.75, 3.05) is 16.8 Å². The Kier molecular flexibility index (Phi) is 7.60. The summed E-state index contributed by atoms with van der Waals surface area (Å²) in [7, 11) is 0. The first-order chi connectivity index (χ1) is 20.3. The van der Waals surface area contributed by atoms with Crippen LogP contribution in [0.2, 0.25) is 0 Å². The van der Waals surface area contributed by atoms with Crippen molar-refractivity contribution >= 4 is 69.5 Å². The number of benzene rings is 2. The lowest BCUT2D eigenvalue weighted by molar-refractivity contribution is -0.122. The molecule has 1 fully saturated rings. The molecule has 2 aliphatic rings. The predicted molar refractivity (Wildman–Crippen MR) is 163 cm³/mol. The largest absolute Gasteiger partial charge is 0.462 e. The van der Waals surface area contributed by atoms with Gasteiger partial charge in [0.2, 0.25) is 17.7 Å². The molecule has 0 aliphatic carbocycles. The van der Waals surface area contributed by atoms with Crippen LogP contribution in [0.1, 0.15) is 38.5 Å². The van der Waals surface area contributed by atoms with E-state index in [1.807, 2.05) is 36.6 Å². The number of nitrogens with zero attached hydrogens (tertiary/aromatic N) is 2. The maximum Gasteiger partial charge on any atom is 0.338 e. The van der Waals surface area contributed by atoms with Gasteiger partial charge in [0.15, 0.2) is 0 Å². The molecule has 2 aromatic carbocycles. The van der Waals surface area contributed by atoms with E-state index in [4.69, 9.17) is 4.74 Å². The topological polar surface area (TPSA) is 115 Å². The summed E-state index contributed by atoms with van der Waals surface area (Å²) in [6.45, 7) is 3.65. The number of thiophene rings is 1. The Morgan fingerprint density at radius 2 is 1.71 bits per heavy atom. The average molecular weight is 620 g/mol. The number of nitrogens with one attached hydrogen (secondary N) is 1. The van der Waals surface area contributed by atoms with Gasteiger partial charge in [0.1, 0.15) is 11.8 Å². The van der Waals surface area contributed by atoms with Crippen molar-refractivity contribution in [1.29, 1.82) is 0 Å². The normalized spacial score (nSPS) is 19.4. The molecule has 2 aliphatic heterocycles. The molecular weight excluding hydrogens is 595 g/mol. The first kappa shape index (κ1) is 28.1. The number of carbonyl (C=O) groups is 4. The molecule has 12 heteroatoms. The maximum absolute atomic E-state index is 13.8. The molecule has 0 saturated carbocycles. The van der Waals surface area contributed by atoms with Crippen LogP contribution in [0, 0.1) is 12.8 Å². The molecule has 0 spiro atoms. The smallest absolute Gasteiger partial charge is 0.338 e. The van der Waals surface area contributed by atoms with Crippen LogP contribution in [0.5, 0.6) is 0 Å². The third-order valence-electron chi connectivity index (χ3n) is 7.17. The maximum atomic E-state index is 13.8. The summed E-state index contributed by atoms with van der Waals surface area (Å²) in [5, 5.41) is 4.46. The van der Waals surface area contributed by atoms with E-state index in [2.05, 4.69) is 5.32 Å². The van der Waals surface area contributed by atoms with Crippen LogP contribution < -0.4 is 15.1 Å². The molecule has 0 radical (unpaired) electrons. The molecule has 3 amide bonds. The number of rotatable bonds is 7. The van der Waals surface area contributed by atoms with Gasteiger partial charge < -0.3 is 10.1 Å². The summed E-state index contributed by atoms with van der Waals surface area (Å²) < 4.78 is 6.37. The molecule has 42 heavy (non-hydrogen) atoms. The Morgan fingerprint density at radius 1 is 0.976 bits per heavy atom. The summed E-state index contributed by atoms with van der Waals surface area (Å²) in [6, 6.07) is 17.3. The Bertz CT molecular complexity index is 1740. The lowest BCUT2D eigenvalue weighted by Crippen LogP contribution is -2.32. The van der Waals surface area contributed by atoms with Crippen LogP contribution in [0.4, 0.5) is 11.4 Å². The molecule has 0 unspecified atom stereocenters. The van der Waals surface area contributed by atoms with Crippen LogP contribution in [-0.2, 0) is 25.7 Å². The molecule has 0 bridgehead atoms. The van der Waals surface area contributed by atoms with Crippen LogP contribution in [0.15, 0.2) is 75.9 Å². The van der Waals surface area contributed by atoms with Gasteiger partial charge in [0, 0.05) is 21.4 Å². The van der Waals surface area contributed by atoms with E-state index in [9.17, 15) is 24.0 Å². The number of hydrogen-bond donors (Lipinski definition) is 1. The van der Waals surface area contributed by atoms with Crippen LogP contribution >= 0.6 is 34.4 Å². The highest BCUT2D eigenvalue weighted by Gasteiger charge is 2.57. The lowest BCUT2D eigenvalue weighted by Gasteiger charge is -2.29. The third-order valence-corrected chi connectivity index (χ3v) is 10.7. The number of ether oxygens (including phenoxy) is 1. The van der Waals surface area contributed by atoms with E-state index in [-0.39, 0.29) is 29.8 Å². The van der Waals surface area contributed by atoms with Gasteiger partial charge in [-0.3, -0.25) is 23.7 Å². The highest BCUT2D eigenvalue weighted by atomic mass is 32.2. The second-order valence-electron chi connectivity index (χ2n) is 9.87. The quantitative estimate of drug-likeness (QED) is 0.231. The van der Waals surface area contributed by atoms with E-state index in [1.165, 1.54) is 32.6 Å². The number of imide groups is 1. The minimum atomic E-state index is -0.739. The first-order valence-electron chi connectivity index (χ1n) is 13.2. The van der Waals surface area contributed by atoms with Crippen molar-refractivity contribution in [3.05, 3.63) is 96.6 Å². The highest BCUT2D eigenvalue weighted by molar-refractivity contribution is 8.00. The van der Waals surface area contributed by atoms with Crippen molar-refractivity contribution in [3.63, 3.8) is 0 Å².